The Balaban J connectivity index is 1.54. The average Bonchev–Trinajstić information content (AvgIpc) is 3.39. The lowest BCUT2D eigenvalue weighted by Gasteiger charge is -2.26. The van der Waals surface area contributed by atoms with Gasteiger partial charge in [-0.3, -0.25) is 14.6 Å². The smallest absolute Gasteiger partial charge is 0.295 e. The largest absolute Gasteiger partial charge is 0.507 e. The van der Waals surface area contributed by atoms with Gasteiger partial charge < -0.3 is 14.7 Å². The molecule has 0 spiro atoms. The van der Waals surface area contributed by atoms with E-state index in [0.717, 1.165) is 39.6 Å². The fraction of sp³-hybridized carbons (Fsp3) is 0.167. The monoisotopic (exact) mass is 476 g/mol. The molecular weight excluding hydrogens is 452 g/mol. The summed E-state index contributed by atoms with van der Waals surface area (Å²) in [5.41, 5.74) is 3.14. The summed E-state index contributed by atoms with van der Waals surface area (Å²) in [7, 11) is 0. The summed E-state index contributed by atoms with van der Waals surface area (Å²) in [6, 6.07) is 22.0. The number of pyridine rings is 1. The second-order valence-corrected chi connectivity index (χ2v) is 9.31. The molecule has 0 saturated carbocycles. The van der Waals surface area contributed by atoms with Gasteiger partial charge in [0.15, 0.2) is 0 Å². The number of rotatable bonds is 4. The van der Waals surface area contributed by atoms with Crippen molar-refractivity contribution in [1.82, 2.24) is 9.88 Å². The predicted molar refractivity (Wildman–Crippen MR) is 136 cm³/mol. The molecule has 2 aliphatic rings. The van der Waals surface area contributed by atoms with E-state index in [1.165, 1.54) is 4.90 Å². The maximum Gasteiger partial charge on any atom is 0.295 e. The predicted octanol–water partition coefficient (Wildman–Crippen LogP) is 5.18. The van der Waals surface area contributed by atoms with Gasteiger partial charge in [0.1, 0.15) is 17.6 Å². The standard InChI is InChI=1S/C30H24N2O4/c1-18-14-22-15-21(11-12-25(22)36-18)28(33)26-27(24-10-4-8-20-7-2-3-9-23(20)24)32(30(35)29(26)34)17-19-6-5-13-31-16-19/h2-13,15-16,18,27,33H,14,17H2,1H3. The highest BCUT2D eigenvalue weighted by Crippen LogP contribution is 2.43. The number of nitrogens with zero attached hydrogens (tertiary/aromatic N) is 2. The third kappa shape index (κ3) is 3.62. The van der Waals surface area contributed by atoms with Crippen molar-refractivity contribution in [2.75, 3.05) is 0 Å². The summed E-state index contributed by atoms with van der Waals surface area (Å²) in [4.78, 5) is 32.6. The second-order valence-electron chi connectivity index (χ2n) is 9.31. The number of hydrogen-bond acceptors (Lipinski definition) is 5. The van der Waals surface area contributed by atoms with Crippen molar-refractivity contribution < 1.29 is 19.4 Å². The fourth-order valence-electron chi connectivity index (χ4n) is 5.27. The summed E-state index contributed by atoms with van der Waals surface area (Å²) >= 11 is 0. The van der Waals surface area contributed by atoms with E-state index in [1.54, 1.807) is 24.5 Å². The number of ether oxygens (including phenoxy) is 1. The first-order valence-corrected chi connectivity index (χ1v) is 12.0. The zero-order valence-corrected chi connectivity index (χ0v) is 19.7. The maximum atomic E-state index is 13.5. The molecule has 1 aromatic heterocycles. The number of carbonyl (C=O) groups excluding carboxylic acids is 2. The molecule has 0 aliphatic carbocycles. The third-order valence-electron chi connectivity index (χ3n) is 6.90. The molecule has 3 heterocycles. The Kier molecular flexibility index (Phi) is 5.29. The maximum absolute atomic E-state index is 13.5. The molecule has 178 valence electrons. The number of aliphatic hydroxyl groups is 1. The van der Waals surface area contributed by atoms with Gasteiger partial charge in [0.2, 0.25) is 0 Å². The van der Waals surface area contributed by atoms with Gasteiger partial charge in [-0.2, -0.15) is 0 Å². The third-order valence-corrected chi connectivity index (χ3v) is 6.90. The van der Waals surface area contributed by atoms with E-state index in [-0.39, 0.29) is 24.0 Å². The molecule has 1 fully saturated rings. The zero-order valence-electron chi connectivity index (χ0n) is 19.7. The van der Waals surface area contributed by atoms with Crippen LogP contribution >= 0.6 is 0 Å². The van der Waals surface area contributed by atoms with Crippen LogP contribution in [0.2, 0.25) is 0 Å². The van der Waals surface area contributed by atoms with E-state index in [9.17, 15) is 14.7 Å². The van der Waals surface area contributed by atoms with Crippen LogP contribution in [-0.4, -0.2) is 32.8 Å². The Bertz CT molecular complexity index is 1540. The van der Waals surface area contributed by atoms with Gasteiger partial charge in [-0.05, 0) is 58.7 Å². The second kappa shape index (κ2) is 8.64. The summed E-state index contributed by atoms with van der Waals surface area (Å²) in [6.07, 6.45) is 4.12. The Morgan fingerprint density at radius 2 is 1.89 bits per heavy atom. The Hall–Kier alpha value is -4.45. The van der Waals surface area contributed by atoms with E-state index in [2.05, 4.69) is 4.98 Å². The summed E-state index contributed by atoms with van der Waals surface area (Å²) in [5.74, 6) is -0.736. The van der Waals surface area contributed by atoms with Gasteiger partial charge in [-0.15, -0.1) is 0 Å². The highest BCUT2D eigenvalue weighted by atomic mass is 16.5. The van der Waals surface area contributed by atoms with E-state index >= 15 is 0 Å². The number of likely N-dealkylation sites (tertiary alicyclic amines) is 1. The number of aliphatic hydroxyl groups excluding tert-OH is 1. The number of carbonyl (C=O) groups is 2. The fourth-order valence-corrected chi connectivity index (χ4v) is 5.27. The molecule has 6 nitrogen and oxygen atoms in total. The molecule has 2 unspecified atom stereocenters. The van der Waals surface area contributed by atoms with E-state index in [4.69, 9.17) is 4.74 Å². The first-order chi connectivity index (χ1) is 17.5. The van der Waals surface area contributed by atoms with E-state index in [0.29, 0.717) is 5.56 Å². The number of benzene rings is 3. The van der Waals surface area contributed by atoms with Crippen LogP contribution in [0.4, 0.5) is 0 Å². The summed E-state index contributed by atoms with van der Waals surface area (Å²) < 4.78 is 5.79. The number of Topliss-reactive ketones (excluding diaryl/α,β-unsaturated/α-hetero) is 1. The minimum atomic E-state index is -0.750. The molecule has 2 atom stereocenters. The topological polar surface area (TPSA) is 79.7 Å². The van der Waals surface area contributed by atoms with Crippen LogP contribution < -0.4 is 4.74 Å². The van der Waals surface area contributed by atoms with E-state index < -0.39 is 17.7 Å². The highest BCUT2D eigenvalue weighted by molar-refractivity contribution is 6.46. The first-order valence-electron chi connectivity index (χ1n) is 12.0. The lowest BCUT2D eigenvalue weighted by atomic mass is 9.91. The molecule has 1 saturated heterocycles. The Morgan fingerprint density at radius 1 is 1.06 bits per heavy atom. The molecule has 6 heteroatoms. The van der Waals surface area contributed by atoms with Crippen LogP contribution in [0.15, 0.2) is 90.8 Å². The quantitative estimate of drug-likeness (QED) is 0.249. The SMILES string of the molecule is CC1Cc2cc(C(O)=C3C(=O)C(=O)N(Cc4cccnc4)C3c3cccc4ccccc34)ccc2O1. The molecule has 4 aromatic rings. The minimum Gasteiger partial charge on any atom is -0.507 e. The van der Waals surface area contributed by atoms with Crippen LogP contribution in [0.5, 0.6) is 5.75 Å². The van der Waals surface area contributed by atoms with Crippen LogP contribution in [-0.2, 0) is 22.6 Å². The molecule has 1 N–H and O–H groups in total. The molecule has 6 rings (SSSR count). The number of hydrogen-bond donors (Lipinski definition) is 1. The van der Waals surface area contributed by atoms with Crippen molar-refractivity contribution >= 4 is 28.2 Å². The summed E-state index contributed by atoms with van der Waals surface area (Å²) in [5, 5.41) is 13.4. The van der Waals surface area contributed by atoms with Crippen LogP contribution in [0.1, 0.15) is 35.2 Å². The van der Waals surface area contributed by atoms with Crippen molar-refractivity contribution in [2.24, 2.45) is 0 Å². The number of amides is 1. The molecule has 3 aromatic carbocycles. The normalized spacial score (nSPS) is 20.5. The average molecular weight is 477 g/mol. The summed E-state index contributed by atoms with van der Waals surface area (Å²) in [6.45, 7) is 2.18. The molecule has 1 amide bonds. The van der Waals surface area contributed by atoms with Gasteiger partial charge in [0.25, 0.3) is 11.7 Å². The molecule has 2 aliphatic heterocycles. The van der Waals surface area contributed by atoms with Crippen LogP contribution in [0, 0.1) is 0 Å². The van der Waals surface area contributed by atoms with Crippen molar-refractivity contribution in [2.45, 2.75) is 32.0 Å². The lowest BCUT2D eigenvalue weighted by molar-refractivity contribution is -0.140. The van der Waals surface area contributed by atoms with Crippen molar-refractivity contribution in [3.63, 3.8) is 0 Å². The van der Waals surface area contributed by atoms with Crippen molar-refractivity contribution in [3.8, 4) is 5.75 Å². The van der Waals surface area contributed by atoms with Crippen LogP contribution in [0.3, 0.4) is 0 Å². The van der Waals surface area contributed by atoms with Crippen molar-refractivity contribution in [1.29, 1.82) is 0 Å². The number of fused-ring (bicyclic) bond motifs is 2. The number of ketones is 1. The molecular formula is C30H24N2O4. The van der Waals surface area contributed by atoms with Gasteiger partial charge in [-0.1, -0.05) is 48.5 Å². The Labute approximate surface area is 208 Å². The molecule has 0 radical (unpaired) electrons. The molecule has 0 bridgehead atoms. The van der Waals surface area contributed by atoms with Gasteiger partial charge in [0, 0.05) is 30.9 Å². The van der Waals surface area contributed by atoms with Crippen LogP contribution in [0.25, 0.3) is 16.5 Å². The van der Waals surface area contributed by atoms with Gasteiger partial charge in [-0.25, -0.2) is 0 Å². The van der Waals surface area contributed by atoms with Gasteiger partial charge in [0.05, 0.1) is 11.6 Å². The Morgan fingerprint density at radius 3 is 2.72 bits per heavy atom. The van der Waals surface area contributed by atoms with Gasteiger partial charge >= 0.3 is 0 Å². The highest BCUT2D eigenvalue weighted by Gasteiger charge is 2.46. The van der Waals surface area contributed by atoms with Crippen molar-refractivity contribution in [3.05, 3.63) is 113 Å². The van der Waals surface area contributed by atoms with E-state index in [1.807, 2.05) is 67.6 Å². The zero-order chi connectivity index (χ0) is 24.8. The number of aromatic nitrogens is 1. The molecule has 36 heavy (non-hydrogen) atoms. The minimum absolute atomic E-state index is 0.0538. The first kappa shape index (κ1) is 22.0. The lowest BCUT2D eigenvalue weighted by Crippen LogP contribution is -2.29.